The molecule has 1 aromatic heterocycles. The molecule has 0 aliphatic carbocycles. The maximum atomic E-state index is 12.6. The van der Waals surface area contributed by atoms with Gasteiger partial charge in [-0.05, 0) is 48.0 Å². The van der Waals surface area contributed by atoms with Crippen LogP contribution in [0.2, 0.25) is 0 Å². The Morgan fingerprint density at radius 1 is 1.12 bits per heavy atom. The van der Waals surface area contributed by atoms with Crippen LogP contribution >= 0.6 is 0 Å². The number of rotatable bonds is 6. The number of hydrogen-bond acceptors (Lipinski definition) is 6. The highest BCUT2D eigenvalue weighted by Gasteiger charge is 2.35. The summed E-state index contributed by atoms with van der Waals surface area (Å²) in [5.41, 5.74) is 1.88. The van der Waals surface area contributed by atoms with Crippen LogP contribution in [0.3, 0.4) is 0 Å². The summed E-state index contributed by atoms with van der Waals surface area (Å²) in [6, 6.07) is 21.9. The van der Waals surface area contributed by atoms with Gasteiger partial charge in [0.25, 0.3) is 0 Å². The molecule has 168 valence electrons. The molecule has 1 amide bonds. The van der Waals surface area contributed by atoms with Crippen molar-refractivity contribution in [2.24, 2.45) is 0 Å². The van der Waals surface area contributed by atoms with Gasteiger partial charge in [-0.1, -0.05) is 53.7 Å². The van der Waals surface area contributed by atoms with Crippen LogP contribution in [0.4, 0.5) is 0 Å². The molecular formula is C26H26N4O3. The molecule has 2 heterocycles. The number of nitrogens with zero attached hydrogens (tertiary/aromatic N) is 3. The van der Waals surface area contributed by atoms with Crippen molar-refractivity contribution in [2.45, 2.75) is 24.9 Å². The first-order valence-corrected chi connectivity index (χ1v) is 11.0. The van der Waals surface area contributed by atoms with E-state index in [0.717, 1.165) is 35.2 Å². The molecule has 0 unspecified atom stereocenters. The molecule has 5 rings (SSSR count). The number of fused-ring (bicyclic) bond motifs is 1. The Labute approximate surface area is 192 Å². The van der Waals surface area contributed by atoms with Gasteiger partial charge in [0.2, 0.25) is 17.6 Å². The normalized spacial score (nSPS) is 18.5. The monoisotopic (exact) mass is 442 g/mol. The summed E-state index contributed by atoms with van der Waals surface area (Å²) < 4.78 is 10.8. The van der Waals surface area contributed by atoms with E-state index in [1.54, 1.807) is 7.11 Å². The summed E-state index contributed by atoms with van der Waals surface area (Å²) in [7, 11) is 3.64. The van der Waals surface area contributed by atoms with E-state index >= 15 is 0 Å². The van der Waals surface area contributed by atoms with Crippen molar-refractivity contribution in [2.75, 3.05) is 20.7 Å². The number of nitrogens with one attached hydrogen (secondary N) is 1. The van der Waals surface area contributed by atoms with Gasteiger partial charge < -0.3 is 14.6 Å². The molecule has 7 heteroatoms. The number of amides is 1. The molecule has 33 heavy (non-hydrogen) atoms. The standard InChI is InChI=1S/C26H26N4O3/c1-30-16-21(27-24(31)13-17-7-11-22(32-2)12-8-17)15-23(30)26-28-25(29-33-26)20-10-9-18-5-3-4-6-19(18)14-20/h3-12,14,21,23H,13,15-16H2,1-2H3,(H,27,31)/t21-,23-/m0/s1. The van der Waals surface area contributed by atoms with E-state index in [1.165, 1.54) is 5.39 Å². The molecule has 1 N–H and O–H groups in total. The fourth-order valence-electron chi connectivity index (χ4n) is 4.42. The molecule has 0 bridgehead atoms. The lowest BCUT2D eigenvalue weighted by atomic mass is 10.1. The molecule has 3 aromatic carbocycles. The van der Waals surface area contributed by atoms with Crippen LogP contribution in [0, 0.1) is 0 Å². The fraction of sp³-hybridized carbons (Fsp3) is 0.269. The fourth-order valence-corrected chi connectivity index (χ4v) is 4.42. The first-order chi connectivity index (χ1) is 16.1. The van der Waals surface area contributed by atoms with Crippen LogP contribution in [0.1, 0.15) is 23.9 Å². The Balaban J connectivity index is 1.23. The third kappa shape index (κ3) is 4.59. The maximum absolute atomic E-state index is 12.6. The van der Waals surface area contributed by atoms with Crippen molar-refractivity contribution < 1.29 is 14.1 Å². The Hall–Kier alpha value is -3.71. The Morgan fingerprint density at radius 2 is 1.91 bits per heavy atom. The van der Waals surface area contributed by atoms with Gasteiger partial charge >= 0.3 is 0 Å². The number of carbonyl (C=O) groups excluding carboxylic acids is 1. The molecule has 1 fully saturated rings. The minimum absolute atomic E-state index is 0.00148. The van der Waals surface area contributed by atoms with Gasteiger partial charge in [0.15, 0.2) is 0 Å². The summed E-state index contributed by atoms with van der Waals surface area (Å²) in [5.74, 6) is 1.94. The van der Waals surface area contributed by atoms with Crippen molar-refractivity contribution in [3.8, 4) is 17.1 Å². The second-order valence-electron chi connectivity index (χ2n) is 8.50. The second kappa shape index (κ2) is 9.03. The molecule has 1 aliphatic heterocycles. The minimum atomic E-state index is -0.0296. The SMILES string of the molecule is COc1ccc(CC(=O)N[C@H]2C[C@@H](c3nc(-c4ccc5ccccc5c4)no3)N(C)C2)cc1. The van der Waals surface area contributed by atoms with E-state index in [2.05, 4.69) is 44.6 Å². The highest BCUT2D eigenvalue weighted by molar-refractivity contribution is 5.86. The van der Waals surface area contributed by atoms with Gasteiger partial charge in [0, 0.05) is 18.2 Å². The van der Waals surface area contributed by atoms with Gasteiger partial charge in [-0.3, -0.25) is 9.69 Å². The van der Waals surface area contributed by atoms with Crippen LogP contribution in [0.25, 0.3) is 22.2 Å². The minimum Gasteiger partial charge on any atom is -0.497 e. The number of carbonyl (C=O) groups is 1. The zero-order valence-corrected chi connectivity index (χ0v) is 18.7. The summed E-state index contributed by atoms with van der Waals surface area (Å²) in [5, 5.41) is 9.67. The topological polar surface area (TPSA) is 80.5 Å². The van der Waals surface area contributed by atoms with Gasteiger partial charge in [0.1, 0.15) is 5.75 Å². The van der Waals surface area contributed by atoms with E-state index < -0.39 is 0 Å². The number of aromatic nitrogens is 2. The highest BCUT2D eigenvalue weighted by atomic mass is 16.5. The first-order valence-electron chi connectivity index (χ1n) is 11.0. The van der Waals surface area contributed by atoms with E-state index in [1.807, 2.05) is 49.5 Å². The van der Waals surface area contributed by atoms with Crippen molar-refractivity contribution in [1.29, 1.82) is 0 Å². The molecular weight excluding hydrogens is 416 g/mol. The lowest BCUT2D eigenvalue weighted by molar-refractivity contribution is -0.121. The smallest absolute Gasteiger partial charge is 0.244 e. The quantitative estimate of drug-likeness (QED) is 0.486. The van der Waals surface area contributed by atoms with Crippen molar-refractivity contribution >= 4 is 16.7 Å². The zero-order valence-electron chi connectivity index (χ0n) is 18.7. The average Bonchev–Trinajstić information content (AvgIpc) is 3.45. The highest BCUT2D eigenvalue weighted by Crippen LogP contribution is 2.31. The lowest BCUT2D eigenvalue weighted by Crippen LogP contribution is -2.37. The first kappa shape index (κ1) is 21.2. The van der Waals surface area contributed by atoms with Gasteiger partial charge in [0.05, 0.1) is 19.6 Å². The number of likely N-dealkylation sites (N-methyl/N-ethyl adjacent to an activating group) is 1. The van der Waals surface area contributed by atoms with Crippen molar-refractivity contribution in [3.63, 3.8) is 0 Å². The molecule has 0 spiro atoms. The number of benzene rings is 3. The zero-order chi connectivity index (χ0) is 22.8. The van der Waals surface area contributed by atoms with Crippen LogP contribution < -0.4 is 10.1 Å². The maximum Gasteiger partial charge on any atom is 0.244 e. The average molecular weight is 443 g/mol. The van der Waals surface area contributed by atoms with Gasteiger partial charge in [-0.25, -0.2) is 0 Å². The van der Waals surface area contributed by atoms with Gasteiger partial charge in [-0.2, -0.15) is 4.98 Å². The molecule has 7 nitrogen and oxygen atoms in total. The van der Waals surface area contributed by atoms with Crippen LogP contribution in [-0.4, -0.2) is 47.7 Å². The predicted molar refractivity (Wildman–Crippen MR) is 126 cm³/mol. The molecule has 0 saturated carbocycles. The lowest BCUT2D eigenvalue weighted by Gasteiger charge is -2.14. The van der Waals surface area contributed by atoms with Crippen molar-refractivity contribution in [3.05, 3.63) is 78.2 Å². The van der Waals surface area contributed by atoms with E-state index in [9.17, 15) is 4.79 Å². The molecule has 1 saturated heterocycles. The summed E-state index contributed by atoms with van der Waals surface area (Å²) in [6.07, 6.45) is 1.06. The number of likely N-dealkylation sites (tertiary alicyclic amines) is 1. The Kier molecular flexibility index (Phi) is 5.79. The predicted octanol–water partition coefficient (Wildman–Crippen LogP) is 4.00. The molecule has 2 atom stereocenters. The van der Waals surface area contributed by atoms with Crippen LogP contribution in [0.5, 0.6) is 5.75 Å². The number of ether oxygens (including phenoxy) is 1. The van der Waals surface area contributed by atoms with E-state index in [0.29, 0.717) is 18.1 Å². The van der Waals surface area contributed by atoms with Crippen molar-refractivity contribution in [1.82, 2.24) is 20.4 Å². The van der Waals surface area contributed by atoms with Crippen LogP contribution in [0.15, 0.2) is 71.3 Å². The molecule has 1 aliphatic rings. The second-order valence-corrected chi connectivity index (χ2v) is 8.50. The number of methoxy groups -OCH3 is 1. The summed E-state index contributed by atoms with van der Waals surface area (Å²) in [6.45, 7) is 0.729. The third-order valence-corrected chi connectivity index (χ3v) is 6.17. The summed E-state index contributed by atoms with van der Waals surface area (Å²) in [4.78, 5) is 19.4. The van der Waals surface area contributed by atoms with Crippen LogP contribution in [-0.2, 0) is 11.2 Å². The van der Waals surface area contributed by atoms with E-state index in [-0.39, 0.29) is 18.0 Å². The van der Waals surface area contributed by atoms with Gasteiger partial charge in [-0.15, -0.1) is 0 Å². The summed E-state index contributed by atoms with van der Waals surface area (Å²) >= 11 is 0. The number of hydrogen-bond donors (Lipinski definition) is 1. The Bertz CT molecular complexity index is 1270. The Morgan fingerprint density at radius 3 is 2.70 bits per heavy atom. The molecule has 0 radical (unpaired) electrons. The van der Waals surface area contributed by atoms with E-state index in [4.69, 9.17) is 9.26 Å². The molecule has 4 aromatic rings. The largest absolute Gasteiger partial charge is 0.497 e. The third-order valence-electron chi connectivity index (χ3n) is 6.17.